The second-order valence-corrected chi connectivity index (χ2v) is 11.3. The van der Waals surface area contributed by atoms with Crippen LogP contribution in [0.2, 0.25) is 0 Å². The maximum absolute atomic E-state index is 12.4. The molecule has 0 aromatic carbocycles. The fraction of sp³-hybridized carbons (Fsp3) is 0.296. The quantitative estimate of drug-likeness (QED) is 0.189. The van der Waals surface area contributed by atoms with Crippen molar-refractivity contribution < 1.29 is 37.3 Å². The van der Waals surface area contributed by atoms with Crippen molar-refractivity contribution in [3.05, 3.63) is 66.5 Å². The van der Waals surface area contributed by atoms with Gasteiger partial charge in [0.05, 0.1) is 5.69 Å². The number of piperidine rings is 1. The Morgan fingerprint density at radius 2 is 1.89 bits per heavy atom. The molecule has 0 saturated carbocycles. The van der Waals surface area contributed by atoms with Gasteiger partial charge in [0, 0.05) is 60.1 Å². The van der Waals surface area contributed by atoms with Gasteiger partial charge in [-0.15, -0.1) is 0 Å². The molecule has 17 heteroatoms. The molecule has 1 unspecified atom stereocenters. The minimum Gasteiger partial charge on any atom is -0.452 e. The molecule has 44 heavy (non-hydrogen) atoms. The maximum atomic E-state index is 12.4. The number of aryl methyl sites for hydroxylation is 1. The van der Waals surface area contributed by atoms with Crippen molar-refractivity contribution in [1.82, 2.24) is 29.2 Å². The molecule has 1 aliphatic rings. The lowest BCUT2D eigenvalue weighted by Gasteiger charge is -2.31. The lowest BCUT2D eigenvalue weighted by Crippen LogP contribution is -2.46. The summed E-state index contributed by atoms with van der Waals surface area (Å²) >= 11 is 2.53. The van der Waals surface area contributed by atoms with Crippen LogP contribution >= 0.6 is 23.3 Å². The number of pyridine rings is 3. The molecule has 0 spiro atoms. The fourth-order valence-corrected chi connectivity index (χ4v) is 5.58. The fourth-order valence-electron chi connectivity index (χ4n) is 4.16. The van der Waals surface area contributed by atoms with Gasteiger partial charge in [-0.3, -0.25) is 9.78 Å². The number of ether oxygens (including phenoxy) is 2. The molecule has 1 amide bonds. The van der Waals surface area contributed by atoms with Crippen LogP contribution < -0.4 is 10.1 Å². The highest BCUT2D eigenvalue weighted by molar-refractivity contribution is 7.99. The van der Waals surface area contributed by atoms with E-state index in [-0.39, 0.29) is 19.0 Å². The molecule has 2 N–H and O–H groups in total. The first-order chi connectivity index (χ1) is 21.1. The van der Waals surface area contributed by atoms with Crippen LogP contribution in [0.15, 0.2) is 64.9 Å². The number of likely N-dealkylation sites (tertiary alicyclic amines) is 1. The Labute approximate surface area is 256 Å². The molecular weight excluding hydrogens is 623 g/mol. The van der Waals surface area contributed by atoms with Gasteiger partial charge in [-0.2, -0.15) is 17.5 Å². The molecule has 0 radical (unpaired) electrons. The summed E-state index contributed by atoms with van der Waals surface area (Å²) in [5.74, 6) is -2.03. The smallest absolute Gasteiger partial charge is 0.452 e. The first-order valence-corrected chi connectivity index (χ1v) is 14.7. The van der Waals surface area contributed by atoms with Crippen molar-refractivity contribution in [3.8, 4) is 11.5 Å². The average Bonchev–Trinajstić information content (AvgIpc) is 3.48. The number of hydrogen-bond donors (Lipinski definition) is 2. The van der Waals surface area contributed by atoms with E-state index in [0.29, 0.717) is 46.8 Å². The number of aromatic nitrogens is 5. The Hall–Kier alpha value is -4.35. The summed E-state index contributed by atoms with van der Waals surface area (Å²) in [5, 5.41) is 14.1. The number of carbonyl (C=O) groups excluding carboxylic acids is 2. The molecule has 5 heterocycles. The number of halogens is 3. The molecule has 230 valence electrons. The topological polar surface area (TPSA) is 153 Å². The first-order valence-electron chi connectivity index (χ1n) is 13.1. The van der Waals surface area contributed by atoms with Gasteiger partial charge in [-0.05, 0) is 44.0 Å². The monoisotopic (exact) mass is 647 g/mol. The predicted molar refractivity (Wildman–Crippen MR) is 152 cm³/mol. The molecule has 1 atom stereocenters. The van der Waals surface area contributed by atoms with Gasteiger partial charge in [-0.1, -0.05) is 17.8 Å². The second-order valence-electron chi connectivity index (χ2n) is 9.41. The zero-order valence-electron chi connectivity index (χ0n) is 22.9. The SMILES string of the molecule is Cc1ncccc1Oc1cc(Sc2ccccn2)cnc1Nc1nc(C2CCN(C(=O)C(O)OC(=O)C(F)(F)F)CC2)ns1. The zero-order valence-corrected chi connectivity index (χ0v) is 24.5. The van der Waals surface area contributed by atoms with Gasteiger partial charge in [0.1, 0.15) is 16.6 Å². The van der Waals surface area contributed by atoms with Gasteiger partial charge in [0.2, 0.25) is 5.13 Å². The van der Waals surface area contributed by atoms with Gasteiger partial charge in [-0.25, -0.2) is 19.7 Å². The van der Waals surface area contributed by atoms with E-state index in [2.05, 4.69) is 34.4 Å². The van der Waals surface area contributed by atoms with Crippen LogP contribution in [0.1, 0.15) is 30.3 Å². The van der Waals surface area contributed by atoms with E-state index in [4.69, 9.17) is 4.74 Å². The Kier molecular flexibility index (Phi) is 9.55. The van der Waals surface area contributed by atoms with E-state index in [1.807, 2.05) is 31.2 Å². The molecule has 0 bridgehead atoms. The number of carbonyl (C=O) groups is 2. The molecule has 1 saturated heterocycles. The van der Waals surface area contributed by atoms with Crippen LogP contribution in [0.5, 0.6) is 11.5 Å². The Morgan fingerprint density at radius 1 is 1.11 bits per heavy atom. The van der Waals surface area contributed by atoms with E-state index in [1.54, 1.807) is 30.7 Å². The number of aliphatic hydroxyl groups is 1. The summed E-state index contributed by atoms with van der Waals surface area (Å²) in [4.78, 5) is 42.9. The molecule has 4 aromatic rings. The van der Waals surface area contributed by atoms with E-state index in [9.17, 15) is 27.9 Å². The number of alkyl halides is 3. The molecule has 1 aliphatic heterocycles. The Bertz CT molecular complexity index is 1620. The number of amides is 1. The summed E-state index contributed by atoms with van der Waals surface area (Å²) < 4.78 is 51.6. The molecule has 4 aromatic heterocycles. The molecule has 5 rings (SSSR count). The van der Waals surface area contributed by atoms with Crippen molar-refractivity contribution in [2.45, 2.75) is 48.1 Å². The number of nitrogens with zero attached hydrogens (tertiary/aromatic N) is 6. The Morgan fingerprint density at radius 3 is 2.59 bits per heavy atom. The van der Waals surface area contributed by atoms with Crippen LogP contribution in [0.25, 0.3) is 0 Å². The summed E-state index contributed by atoms with van der Waals surface area (Å²) in [7, 11) is 0. The van der Waals surface area contributed by atoms with E-state index in [1.165, 1.54) is 11.8 Å². The number of esters is 1. The molecular formula is C27H24F3N7O5S2. The number of anilines is 2. The lowest BCUT2D eigenvalue weighted by atomic mass is 9.96. The zero-order chi connectivity index (χ0) is 31.3. The third-order valence-corrected chi connectivity index (χ3v) is 7.92. The van der Waals surface area contributed by atoms with Crippen LogP contribution in [-0.4, -0.2) is 71.7 Å². The standard InChI is InChI=1S/C27H24F3N7O5S2/c1-15-18(5-4-10-31-15)41-19-13-17(43-20-6-2-3-9-32-20)14-33-22(19)35-26-34-21(36-44-26)16-7-11-37(12-8-16)23(38)24(39)42-25(40)27(28,29)30/h2-6,9-10,13-14,16,24,39H,7-8,11-12H2,1H3,(H,33,34,35,36). The Balaban J connectivity index is 1.25. The number of nitrogens with one attached hydrogen (secondary N) is 1. The van der Waals surface area contributed by atoms with Crippen molar-refractivity contribution in [2.24, 2.45) is 0 Å². The predicted octanol–water partition coefficient (Wildman–Crippen LogP) is 4.85. The van der Waals surface area contributed by atoms with Crippen molar-refractivity contribution in [3.63, 3.8) is 0 Å². The highest BCUT2D eigenvalue weighted by Gasteiger charge is 2.44. The second kappa shape index (κ2) is 13.5. The summed E-state index contributed by atoms with van der Waals surface area (Å²) in [6.45, 7) is 2.03. The van der Waals surface area contributed by atoms with Crippen LogP contribution in [0, 0.1) is 6.92 Å². The van der Waals surface area contributed by atoms with Gasteiger partial charge >= 0.3 is 12.1 Å². The van der Waals surface area contributed by atoms with Crippen LogP contribution in [-0.2, 0) is 14.3 Å². The maximum Gasteiger partial charge on any atom is 0.491 e. The van der Waals surface area contributed by atoms with Gasteiger partial charge in [0.25, 0.3) is 12.2 Å². The summed E-state index contributed by atoms with van der Waals surface area (Å²) in [6, 6.07) is 11.0. The highest BCUT2D eigenvalue weighted by atomic mass is 32.2. The molecule has 1 fully saturated rings. The van der Waals surface area contributed by atoms with E-state index < -0.39 is 24.3 Å². The largest absolute Gasteiger partial charge is 0.491 e. The molecule has 0 aliphatic carbocycles. The van der Waals surface area contributed by atoms with Crippen molar-refractivity contribution >= 4 is 46.1 Å². The average molecular weight is 648 g/mol. The third-order valence-electron chi connectivity index (χ3n) is 6.37. The minimum absolute atomic E-state index is 0.103. The minimum atomic E-state index is -5.32. The first kappa shape index (κ1) is 31.1. The normalized spacial score (nSPS) is 14.6. The summed E-state index contributed by atoms with van der Waals surface area (Å²) in [6.07, 6.45) is -2.04. The summed E-state index contributed by atoms with van der Waals surface area (Å²) in [5.41, 5.74) is 0.690. The molecule has 12 nitrogen and oxygen atoms in total. The van der Waals surface area contributed by atoms with Crippen molar-refractivity contribution in [2.75, 3.05) is 18.4 Å². The third kappa shape index (κ3) is 7.78. The van der Waals surface area contributed by atoms with Crippen LogP contribution in [0.4, 0.5) is 24.1 Å². The number of rotatable bonds is 9. The number of hydrogen-bond acceptors (Lipinski definition) is 13. The number of aliphatic hydroxyl groups excluding tert-OH is 1. The lowest BCUT2D eigenvalue weighted by molar-refractivity contribution is -0.221. The van der Waals surface area contributed by atoms with Gasteiger partial charge < -0.3 is 24.8 Å². The van der Waals surface area contributed by atoms with Gasteiger partial charge in [0.15, 0.2) is 11.6 Å². The highest BCUT2D eigenvalue weighted by Crippen LogP contribution is 2.37. The van der Waals surface area contributed by atoms with Crippen LogP contribution in [0.3, 0.4) is 0 Å². The van der Waals surface area contributed by atoms with E-state index in [0.717, 1.165) is 26.4 Å². The van der Waals surface area contributed by atoms with E-state index >= 15 is 0 Å². The van der Waals surface area contributed by atoms with Crippen molar-refractivity contribution in [1.29, 1.82) is 0 Å².